The zero-order chi connectivity index (χ0) is 16.8. The number of nitrogens with one attached hydrogen (secondary N) is 1. The van der Waals surface area contributed by atoms with E-state index in [2.05, 4.69) is 26.2 Å². The lowest BCUT2D eigenvalue weighted by Crippen LogP contribution is -2.52. The summed E-state index contributed by atoms with van der Waals surface area (Å²) in [5, 5.41) is 4.23. The summed E-state index contributed by atoms with van der Waals surface area (Å²) in [6.07, 6.45) is 2.56. The lowest BCUT2D eigenvalue weighted by Gasteiger charge is -2.38. The molecule has 0 aliphatic carbocycles. The fourth-order valence-electron chi connectivity index (χ4n) is 2.95. The molecule has 0 spiro atoms. The zero-order valence-electron chi connectivity index (χ0n) is 14.3. The minimum atomic E-state index is 0. The molecule has 2 aromatic rings. The minimum absolute atomic E-state index is 0. The zero-order valence-corrected chi connectivity index (χ0v) is 17.4. The van der Waals surface area contributed by atoms with Gasteiger partial charge in [0.2, 0.25) is 0 Å². The monoisotopic (exact) mass is 474 g/mol. The molecule has 25 heavy (non-hydrogen) atoms. The van der Waals surface area contributed by atoms with Crippen LogP contribution < -0.4 is 10.2 Å². The Morgan fingerprint density at radius 2 is 1.92 bits per heavy atom. The molecule has 136 valence electrons. The van der Waals surface area contributed by atoms with E-state index in [9.17, 15) is 0 Å². The Balaban J connectivity index is 0.00000225. The van der Waals surface area contributed by atoms with Crippen LogP contribution in [0.4, 0.5) is 5.69 Å². The van der Waals surface area contributed by atoms with Crippen molar-refractivity contribution in [2.24, 2.45) is 4.99 Å². The van der Waals surface area contributed by atoms with Crippen molar-refractivity contribution in [3.05, 3.63) is 53.4 Å². The van der Waals surface area contributed by atoms with Crippen LogP contribution in [0.2, 0.25) is 5.02 Å². The van der Waals surface area contributed by atoms with Crippen molar-refractivity contribution in [2.45, 2.75) is 6.42 Å². The van der Waals surface area contributed by atoms with E-state index >= 15 is 0 Å². The molecule has 5 nitrogen and oxygen atoms in total. The van der Waals surface area contributed by atoms with Gasteiger partial charge in [-0.25, -0.2) is 0 Å². The molecule has 0 bridgehead atoms. The highest BCUT2D eigenvalue weighted by Gasteiger charge is 2.20. The molecule has 0 unspecified atom stereocenters. The van der Waals surface area contributed by atoms with Gasteiger partial charge in [0.05, 0.1) is 17.0 Å². The molecule has 1 aromatic heterocycles. The molecule has 0 amide bonds. The smallest absolute Gasteiger partial charge is 0.193 e. The van der Waals surface area contributed by atoms with Crippen LogP contribution in [-0.4, -0.2) is 50.6 Å². The summed E-state index contributed by atoms with van der Waals surface area (Å²) < 4.78 is 5.36. The van der Waals surface area contributed by atoms with Crippen LogP contribution in [0.15, 0.2) is 52.1 Å². The van der Waals surface area contributed by atoms with E-state index < -0.39 is 0 Å². The van der Waals surface area contributed by atoms with E-state index in [4.69, 9.17) is 16.0 Å². The van der Waals surface area contributed by atoms with E-state index in [0.29, 0.717) is 0 Å². The van der Waals surface area contributed by atoms with Gasteiger partial charge < -0.3 is 19.5 Å². The molecule has 1 aromatic carbocycles. The highest BCUT2D eigenvalue weighted by atomic mass is 127. The molecule has 0 atom stereocenters. The number of hydrogen-bond acceptors (Lipinski definition) is 3. The van der Waals surface area contributed by atoms with Crippen molar-refractivity contribution in [3.63, 3.8) is 0 Å². The van der Waals surface area contributed by atoms with Crippen LogP contribution in [0.1, 0.15) is 5.76 Å². The Bertz CT molecular complexity index is 669. The van der Waals surface area contributed by atoms with Gasteiger partial charge in [0, 0.05) is 46.2 Å². The fraction of sp³-hybridized carbons (Fsp3) is 0.389. The quantitative estimate of drug-likeness (QED) is 0.419. The Labute approximate surface area is 171 Å². The number of benzene rings is 1. The second-order valence-corrected chi connectivity index (χ2v) is 6.14. The molecule has 1 aliphatic heterocycles. The van der Waals surface area contributed by atoms with Gasteiger partial charge in [-0.1, -0.05) is 23.7 Å². The van der Waals surface area contributed by atoms with Crippen LogP contribution >= 0.6 is 35.6 Å². The Morgan fingerprint density at radius 1 is 1.16 bits per heavy atom. The number of piperazine rings is 1. The van der Waals surface area contributed by atoms with Crippen molar-refractivity contribution >= 4 is 47.2 Å². The maximum atomic E-state index is 6.30. The van der Waals surface area contributed by atoms with E-state index in [1.165, 1.54) is 0 Å². The van der Waals surface area contributed by atoms with Crippen molar-refractivity contribution in [3.8, 4) is 0 Å². The standard InChI is InChI=1S/C18H23ClN4O.HI/c1-20-18(21-9-8-15-5-4-14-24-15)23-12-10-22(11-13-23)17-7-3-2-6-16(17)19;/h2-7,14H,8-13H2,1H3,(H,20,21);1H. The van der Waals surface area contributed by atoms with Crippen LogP contribution in [0, 0.1) is 0 Å². The lowest BCUT2D eigenvalue weighted by molar-refractivity contribution is 0.372. The van der Waals surface area contributed by atoms with Gasteiger partial charge in [0.1, 0.15) is 5.76 Å². The van der Waals surface area contributed by atoms with Crippen molar-refractivity contribution < 1.29 is 4.42 Å². The summed E-state index contributed by atoms with van der Waals surface area (Å²) in [4.78, 5) is 9.02. The highest BCUT2D eigenvalue weighted by molar-refractivity contribution is 14.0. The summed E-state index contributed by atoms with van der Waals surface area (Å²) in [6.45, 7) is 4.52. The van der Waals surface area contributed by atoms with Crippen molar-refractivity contribution in [1.29, 1.82) is 0 Å². The largest absolute Gasteiger partial charge is 0.469 e. The normalized spacial score (nSPS) is 15.0. The van der Waals surface area contributed by atoms with Crippen LogP contribution in [-0.2, 0) is 6.42 Å². The first-order valence-electron chi connectivity index (χ1n) is 8.25. The minimum Gasteiger partial charge on any atom is -0.469 e. The highest BCUT2D eigenvalue weighted by Crippen LogP contribution is 2.25. The summed E-state index contributed by atoms with van der Waals surface area (Å²) >= 11 is 6.30. The van der Waals surface area contributed by atoms with E-state index in [1.54, 1.807) is 6.26 Å². The molecule has 1 saturated heterocycles. The van der Waals surface area contributed by atoms with Crippen molar-refractivity contribution in [1.82, 2.24) is 10.2 Å². The van der Waals surface area contributed by atoms with Crippen LogP contribution in [0.5, 0.6) is 0 Å². The molecule has 3 rings (SSSR count). The number of aliphatic imine (C=N–C) groups is 1. The average molecular weight is 475 g/mol. The topological polar surface area (TPSA) is 44.0 Å². The summed E-state index contributed by atoms with van der Waals surface area (Å²) in [6, 6.07) is 11.9. The van der Waals surface area contributed by atoms with Crippen LogP contribution in [0.25, 0.3) is 0 Å². The fourth-order valence-corrected chi connectivity index (χ4v) is 3.21. The van der Waals surface area contributed by atoms with Crippen LogP contribution in [0.3, 0.4) is 0 Å². The average Bonchev–Trinajstić information content (AvgIpc) is 3.13. The number of rotatable bonds is 4. The van der Waals surface area contributed by atoms with Gasteiger partial charge in [0.25, 0.3) is 0 Å². The SMILES string of the molecule is CN=C(NCCc1ccco1)N1CCN(c2ccccc2Cl)CC1.I. The molecule has 7 heteroatoms. The molecule has 1 aliphatic rings. The third-order valence-electron chi connectivity index (χ3n) is 4.22. The molecule has 2 heterocycles. The molecular weight excluding hydrogens is 451 g/mol. The van der Waals surface area contributed by atoms with Gasteiger partial charge >= 0.3 is 0 Å². The second kappa shape index (κ2) is 9.91. The number of nitrogens with zero attached hydrogens (tertiary/aromatic N) is 3. The maximum Gasteiger partial charge on any atom is 0.193 e. The number of para-hydroxylation sites is 1. The Morgan fingerprint density at radius 3 is 2.56 bits per heavy atom. The molecule has 0 saturated carbocycles. The van der Waals surface area contributed by atoms with Gasteiger partial charge in [-0.15, -0.1) is 24.0 Å². The molecule has 0 radical (unpaired) electrons. The second-order valence-electron chi connectivity index (χ2n) is 5.73. The third-order valence-corrected chi connectivity index (χ3v) is 4.54. The van der Waals surface area contributed by atoms with E-state index in [0.717, 1.165) is 61.6 Å². The maximum absolute atomic E-state index is 6.30. The molecule has 1 N–H and O–H groups in total. The predicted octanol–water partition coefficient (Wildman–Crippen LogP) is 3.49. The number of anilines is 1. The lowest BCUT2D eigenvalue weighted by atomic mass is 10.2. The van der Waals surface area contributed by atoms with Gasteiger partial charge in [-0.2, -0.15) is 0 Å². The van der Waals surface area contributed by atoms with Gasteiger partial charge in [-0.05, 0) is 24.3 Å². The number of guanidine groups is 1. The predicted molar refractivity (Wildman–Crippen MR) is 114 cm³/mol. The first-order valence-corrected chi connectivity index (χ1v) is 8.63. The van der Waals surface area contributed by atoms with E-state index in [-0.39, 0.29) is 24.0 Å². The number of furan rings is 1. The number of halogens is 2. The first-order chi connectivity index (χ1) is 11.8. The Kier molecular flexibility index (Phi) is 7.90. The molecule has 1 fully saturated rings. The van der Waals surface area contributed by atoms with Gasteiger partial charge in [-0.3, -0.25) is 4.99 Å². The summed E-state index contributed by atoms with van der Waals surface area (Å²) in [7, 11) is 1.83. The van der Waals surface area contributed by atoms with E-state index in [1.807, 2.05) is 37.4 Å². The molecular formula is C18H24ClIN4O. The first kappa shape index (κ1) is 19.9. The van der Waals surface area contributed by atoms with Crippen molar-refractivity contribution in [2.75, 3.05) is 44.7 Å². The summed E-state index contributed by atoms with van der Waals surface area (Å²) in [5.74, 6) is 1.93. The Hall–Kier alpha value is -1.41. The number of hydrogen-bond donors (Lipinski definition) is 1. The summed E-state index contributed by atoms with van der Waals surface area (Å²) in [5.41, 5.74) is 1.11. The third kappa shape index (κ3) is 5.28. The van der Waals surface area contributed by atoms with Gasteiger partial charge in [0.15, 0.2) is 5.96 Å².